The van der Waals surface area contributed by atoms with Gasteiger partial charge in [-0.25, -0.2) is 0 Å². The number of hydrogen-bond donors (Lipinski definition) is 1. The Kier molecular flexibility index (Phi) is 4.45. The molecule has 1 saturated heterocycles. The molecule has 1 amide bonds. The molecule has 1 aliphatic rings. The molecule has 1 N–H and O–H groups in total. The molecular formula is C13H18N2OS. The van der Waals surface area contributed by atoms with Crippen LogP contribution in [0.5, 0.6) is 0 Å². The smallest absolute Gasteiger partial charge is 0.233 e. The van der Waals surface area contributed by atoms with Gasteiger partial charge in [-0.2, -0.15) is 0 Å². The van der Waals surface area contributed by atoms with Gasteiger partial charge in [0.1, 0.15) is 0 Å². The van der Waals surface area contributed by atoms with Gasteiger partial charge in [0.15, 0.2) is 0 Å². The predicted octanol–water partition coefficient (Wildman–Crippen LogP) is 1.60. The van der Waals surface area contributed by atoms with E-state index in [1.165, 1.54) is 0 Å². The van der Waals surface area contributed by atoms with Gasteiger partial charge in [0.05, 0.1) is 5.75 Å². The summed E-state index contributed by atoms with van der Waals surface area (Å²) in [7, 11) is 0. The monoisotopic (exact) mass is 250 g/mol. The number of amides is 1. The summed E-state index contributed by atoms with van der Waals surface area (Å²) in [6, 6.07) is 10.4. The second-order valence-electron chi connectivity index (χ2n) is 4.24. The third-order valence-corrected chi connectivity index (χ3v) is 3.92. The zero-order valence-electron chi connectivity index (χ0n) is 10.1. The lowest BCUT2D eigenvalue weighted by molar-refractivity contribution is -0.131. The molecule has 1 aromatic carbocycles. The van der Waals surface area contributed by atoms with E-state index >= 15 is 0 Å². The first-order chi connectivity index (χ1) is 8.27. The molecule has 1 heterocycles. The molecule has 17 heavy (non-hydrogen) atoms. The van der Waals surface area contributed by atoms with Crippen molar-refractivity contribution in [3.05, 3.63) is 30.3 Å². The summed E-state index contributed by atoms with van der Waals surface area (Å²) in [5, 5.41) is 3.29. The molecule has 0 aliphatic carbocycles. The largest absolute Gasteiger partial charge is 0.337 e. The van der Waals surface area contributed by atoms with Crippen molar-refractivity contribution in [1.29, 1.82) is 0 Å². The summed E-state index contributed by atoms with van der Waals surface area (Å²) >= 11 is 1.61. The summed E-state index contributed by atoms with van der Waals surface area (Å²) in [5.41, 5.74) is 0. The van der Waals surface area contributed by atoms with Crippen LogP contribution in [0.15, 0.2) is 35.2 Å². The van der Waals surface area contributed by atoms with Crippen molar-refractivity contribution in [2.24, 2.45) is 0 Å². The molecule has 1 aromatic rings. The minimum atomic E-state index is 0.243. The molecular weight excluding hydrogens is 232 g/mol. The Labute approximate surface area is 107 Å². The van der Waals surface area contributed by atoms with Crippen LogP contribution in [0.1, 0.15) is 6.92 Å². The van der Waals surface area contributed by atoms with Crippen LogP contribution in [-0.2, 0) is 4.79 Å². The van der Waals surface area contributed by atoms with E-state index in [1.807, 2.05) is 35.2 Å². The lowest BCUT2D eigenvalue weighted by Crippen LogP contribution is -2.52. The van der Waals surface area contributed by atoms with Crippen LogP contribution in [0.25, 0.3) is 0 Å². The molecule has 3 nitrogen and oxygen atoms in total. The number of nitrogens with zero attached hydrogens (tertiary/aromatic N) is 1. The number of hydrogen-bond acceptors (Lipinski definition) is 3. The van der Waals surface area contributed by atoms with Gasteiger partial charge in [0, 0.05) is 30.6 Å². The van der Waals surface area contributed by atoms with Crippen LogP contribution in [0.3, 0.4) is 0 Å². The average Bonchev–Trinajstić information content (AvgIpc) is 2.38. The molecule has 0 aromatic heterocycles. The van der Waals surface area contributed by atoms with E-state index < -0.39 is 0 Å². The van der Waals surface area contributed by atoms with E-state index in [-0.39, 0.29) is 5.91 Å². The average molecular weight is 250 g/mol. The first-order valence-electron chi connectivity index (χ1n) is 5.95. The molecule has 0 saturated carbocycles. The molecule has 0 spiro atoms. The molecule has 92 valence electrons. The first kappa shape index (κ1) is 12.5. The van der Waals surface area contributed by atoms with E-state index in [4.69, 9.17) is 0 Å². The summed E-state index contributed by atoms with van der Waals surface area (Å²) in [6.45, 7) is 4.74. The molecule has 0 bridgehead atoms. The van der Waals surface area contributed by atoms with E-state index in [0.717, 1.165) is 24.5 Å². The maximum atomic E-state index is 12.1. The summed E-state index contributed by atoms with van der Waals surface area (Å²) in [5.74, 6) is 0.779. The van der Waals surface area contributed by atoms with Crippen LogP contribution in [0.4, 0.5) is 0 Å². The molecule has 1 unspecified atom stereocenters. The molecule has 4 heteroatoms. The van der Waals surface area contributed by atoms with Crippen molar-refractivity contribution >= 4 is 17.7 Å². The van der Waals surface area contributed by atoms with Crippen LogP contribution >= 0.6 is 11.8 Å². The number of rotatable bonds is 3. The van der Waals surface area contributed by atoms with Crippen LogP contribution in [0.2, 0.25) is 0 Å². The maximum absolute atomic E-state index is 12.1. The fourth-order valence-corrected chi connectivity index (χ4v) is 2.76. The van der Waals surface area contributed by atoms with Crippen molar-refractivity contribution in [3.8, 4) is 0 Å². The lowest BCUT2D eigenvalue weighted by Gasteiger charge is -2.33. The standard InChI is InChI=1S/C13H18N2OS/c1-11-9-14-7-8-15(11)13(16)10-17-12-5-3-2-4-6-12/h2-6,11,14H,7-10H2,1H3. The minimum absolute atomic E-state index is 0.243. The van der Waals surface area contributed by atoms with Crippen LogP contribution < -0.4 is 5.32 Å². The van der Waals surface area contributed by atoms with Gasteiger partial charge in [0.2, 0.25) is 5.91 Å². The highest BCUT2D eigenvalue weighted by molar-refractivity contribution is 8.00. The number of thioether (sulfide) groups is 1. The van der Waals surface area contributed by atoms with E-state index in [0.29, 0.717) is 11.8 Å². The van der Waals surface area contributed by atoms with Gasteiger partial charge in [-0.1, -0.05) is 18.2 Å². The van der Waals surface area contributed by atoms with Crippen molar-refractivity contribution in [2.75, 3.05) is 25.4 Å². The quantitative estimate of drug-likeness (QED) is 0.827. The van der Waals surface area contributed by atoms with Gasteiger partial charge in [-0.05, 0) is 19.1 Å². The second kappa shape index (κ2) is 6.07. The Bertz CT molecular complexity index is 369. The Morgan fingerprint density at radius 1 is 1.47 bits per heavy atom. The fraction of sp³-hybridized carbons (Fsp3) is 0.462. The van der Waals surface area contributed by atoms with Crippen molar-refractivity contribution in [1.82, 2.24) is 10.2 Å². The number of carbonyl (C=O) groups excluding carboxylic acids is 1. The zero-order chi connectivity index (χ0) is 12.1. The Morgan fingerprint density at radius 3 is 2.94 bits per heavy atom. The van der Waals surface area contributed by atoms with Crippen molar-refractivity contribution in [2.45, 2.75) is 17.9 Å². The van der Waals surface area contributed by atoms with Gasteiger partial charge in [-0.3, -0.25) is 4.79 Å². The summed E-state index contributed by atoms with van der Waals surface area (Å²) in [6.07, 6.45) is 0. The Balaban J connectivity index is 1.84. The van der Waals surface area contributed by atoms with Gasteiger partial charge < -0.3 is 10.2 Å². The third-order valence-electron chi connectivity index (χ3n) is 2.93. The summed E-state index contributed by atoms with van der Waals surface area (Å²) < 4.78 is 0. The molecule has 0 radical (unpaired) electrons. The van der Waals surface area contributed by atoms with Crippen molar-refractivity contribution in [3.63, 3.8) is 0 Å². The first-order valence-corrected chi connectivity index (χ1v) is 6.94. The highest BCUT2D eigenvalue weighted by Gasteiger charge is 2.22. The van der Waals surface area contributed by atoms with Gasteiger partial charge in [-0.15, -0.1) is 11.8 Å². The fourth-order valence-electron chi connectivity index (χ4n) is 1.96. The highest BCUT2D eigenvalue weighted by Crippen LogP contribution is 2.18. The predicted molar refractivity (Wildman–Crippen MR) is 71.2 cm³/mol. The molecule has 1 aliphatic heterocycles. The summed E-state index contributed by atoms with van der Waals surface area (Å²) in [4.78, 5) is 15.2. The second-order valence-corrected chi connectivity index (χ2v) is 5.29. The number of nitrogens with one attached hydrogen (secondary N) is 1. The molecule has 2 rings (SSSR count). The maximum Gasteiger partial charge on any atom is 0.233 e. The molecule has 1 atom stereocenters. The zero-order valence-corrected chi connectivity index (χ0v) is 10.9. The number of carbonyl (C=O) groups is 1. The van der Waals surface area contributed by atoms with Gasteiger partial charge in [0.25, 0.3) is 0 Å². The topological polar surface area (TPSA) is 32.3 Å². The normalized spacial score (nSPS) is 20.3. The van der Waals surface area contributed by atoms with E-state index in [1.54, 1.807) is 11.8 Å². The van der Waals surface area contributed by atoms with E-state index in [2.05, 4.69) is 12.2 Å². The van der Waals surface area contributed by atoms with Gasteiger partial charge >= 0.3 is 0 Å². The van der Waals surface area contributed by atoms with E-state index in [9.17, 15) is 4.79 Å². The number of benzene rings is 1. The minimum Gasteiger partial charge on any atom is -0.337 e. The van der Waals surface area contributed by atoms with Crippen LogP contribution in [-0.4, -0.2) is 42.2 Å². The third kappa shape index (κ3) is 3.48. The Morgan fingerprint density at radius 2 is 2.24 bits per heavy atom. The SMILES string of the molecule is CC1CNCCN1C(=O)CSc1ccccc1. The molecule has 1 fully saturated rings. The van der Waals surface area contributed by atoms with Crippen LogP contribution in [0, 0.1) is 0 Å². The Hall–Kier alpha value is -1.00. The number of piperazine rings is 1. The highest BCUT2D eigenvalue weighted by atomic mass is 32.2. The van der Waals surface area contributed by atoms with Crippen molar-refractivity contribution < 1.29 is 4.79 Å². The lowest BCUT2D eigenvalue weighted by atomic mass is 10.2.